The van der Waals surface area contributed by atoms with Crippen LogP contribution in [-0.2, 0) is 11.3 Å². The van der Waals surface area contributed by atoms with Crippen LogP contribution in [0, 0.1) is 0 Å². The van der Waals surface area contributed by atoms with Crippen molar-refractivity contribution in [3.05, 3.63) is 65.7 Å². The summed E-state index contributed by atoms with van der Waals surface area (Å²) in [5, 5.41) is 6.60. The fourth-order valence-electron chi connectivity index (χ4n) is 2.76. The normalized spacial score (nSPS) is 12.9. The molecule has 1 amide bonds. The molecular formula is C23H33IN4O2. The van der Waals surface area contributed by atoms with Gasteiger partial charge in [0, 0.05) is 26.1 Å². The van der Waals surface area contributed by atoms with Gasteiger partial charge in [-0.2, -0.15) is 0 Å². The molecule has 164 valence electrons. The fourth-order valence-corrected chi connectivity index (χ4v) is 2.76. The van der Waals surface area contributed by atoms with Gasteiger partial charge >= 0.3 is 0 Å². The van der Waals surface area contributed by atoms with E-state index in [0.29, 0.717) is 12.5 Å². The van der Waals surface area contributed by atoms with E-state index in [0.717, 1.165) is 11.3 Å². The van der Waals surface area contributed by atoms with Crippen LogP contribution < -0.4 is 15.4 Å². The number of aliphatic imine (C=N–C) groups is 1. The van der Waals surface area contributed by atoms with E-state index in [9.17, 15) is 4.79 Å². The minimum atomic E-state index is -0.00675. The number of methoxy groups -OCH3 is 1. The Kier molecular flexibility index (Phi) is 11.2. The Labute approximate surface area is 197 Å². The van der Waals surface area contributed by atoms with E-state index in [1.54, 1.807) is 26.1 Å². The van der Waals surface area contributed by atoms with Gasteiger partial charge in [0.25, 0.3) is 0 Å². The van der Waals surface area contributed by atoms with Gasteiger partial charge in [0.2, 0.25) is 5.91 Å². The Balaban J connectivity index is 0.00000450. The van der Waals surface area contributed by atoms with Gasteiger partial charge in [-0.05, 0) is 30.2 Å². The maximum absolute atomic E-state index is 12.0. The highest BCUT2D eigenvalue weighted by atomic mass is 127. The summed E-state index contributed by atoms with van der Waals surface area (Å²) < 4.78 is 5.20. The van der Waals surface area contributed by atoms with Crippen molar-refractivity contribution >= 4 is 35.8 Å². The molecule has 0 aliphatic rings. The minimum absolute atomic E-state index is 0. The predicted octanol–water partition coefficient (Wildman–Crippen LogP) is 3.63. The number of hydrogen-bond donors (Lipinski definition) is 2. The maximum atomic E-state index is 12.0. The van der Waals surface area contributed by atoms with Crippen LogP contribution in [0.15, 0.2) is 59.6 Å². The zero-order valence-electron chi connectivity index (χ0n) is 18.4. The van der Waals surface area contributed by atoms with E-state index < -0.39 is 0 Å². The van der Waals surface area contributed by atoms with Crippen LogP contribution in [0.3, 0.4) is 0 Å². The van der Waals surface area contributed by atoms with E-state index >= 15 is 0 Å². The zero-order valence-corrected chi connectivity index (χ0v) is 20.7. The average Bonchev–Trinajstić information content (AvgIpc) is 2.75. The summed E-state index contributed by atoms with van der Waals surface area (Å²) in [5.41, 5.74) is 2.32. The highest BCUT2D eigenvalue weighted by molar-refractivity contribution is 14.0. The minimum Gasteiger partial charge on any atom is -0.497 e. The molecule has 0 aliphatic heterocycles. The predicted molar refractivity (Wildman–Crippen MR) is 134 cm³/mol. The summed E-state index contributed by atoms with van der Waals surface area (Å²) in [6, 6.07) is 18.3. The summed E-state index contributed by atoms with van der Waals surface area (Å²) in [6.07, 6.45) is 0. The summed E-state index contributed by atoms with van der Waals surface area (Å²) >= 11 is 0. The highest BCUT2D eigenvalue weighted by Gasteiger charge is 2.16. The number of halogens is 1. The van der Waals surface area contributed by atoms with Gasteiger partial charge in [-0.15, -0.1) is 24.0 Å². The van der Waals surface area contributed by atoms with E-state index in [1.807, 2.05) is 42.5 Å². The first-order valence-corrected chi connectivity index (χ1v) is 9.83. The number of likely N-dealkylation sites (N-methyl/N-ethyl adjacent to an activating group) is 1. The van der Waals surface area contributed by atoms with Gasteiger partial charge in [0.05, 0.1) is 20.2 Å². The number of rotatable bonds is 8. The standard InChI is InChI=1S/C23H32N4O2.HI/c1-17(20-9-7-6-8-10-20)18(2)26-23(25-16-22(28)27(3)4)24-15-19-11-13-21(29-5)14-12-19;/h6-14,17-18H,15-16H2,1-5H3,(H2,24,25,26);1H. The van der Waals surface area contributed by atoms with Crippen LogP contribution in [0.1, 0.15) is 30.9 Å². The number of nitrogens with zero attached hydrogens (tertiary/aromatic N) is 2. The van der Waals surface area contributed by atoms with Gasteiger partial charge in [-0.1, -0.05) is 49.4 Å². The zero-order chi connectivity index (χ0) is 21.2. The molecule has 2 rings (SSSR count). The van der Waals surface area contributed by atoms with Crippen LogP contribution in [0.2, 0.25) is 0 Å². The Morgan fingerprint density at radius 2 is 1.70 bits per heavy atom. The Bertz CT molecular complexity index is 795. The lowest BCUT2D eigenvalue weighted by molar-refractivity contribution is -0.127. The lowest BCUT2D eigenvalue weighted by Crippen LogP contribution is -2.47. The molecule has 0 fully saturated rings. The van der Waals surface area contributed by atoms with Crippen molar-refractivity contribution in [3.63, 3.8) is 0 Å². The molecule has 0 spiro atoms. The number of hydrogen-bond acceptors (Lipinski definition) is 3. The summed E-state index contributed by atoms with van der Waals surface area (Å²) in [7, 11) is 5.13. The molecule has 30 heavy (non-hydrogen) atoms. The number of guanidine groups is 1. The molecule has 0 saturated heterocycles. The Morgan fingerprint density at radius 3 is 2.27 bits per heavy atom. The molecule has 2 N–H and O–H groups in total. The smallest absolute Gasteiger partial charge is 0.241 e. The van der Waals surface area contributed by atoms with Crippen LogP contribution in [0.25, 0.3) is 0 Å². The van der Waals surface area contributed by atoms with Crippen LogP contribution in [-0.4, -0.2) is 50.6 Å². The molecule has 0 radical (unpaired) electrons. The largest absolute Gasteiger partial charge is 0.497 e. The molecule has 0 aromatic heterocycles. The van der Waals surface area contributed by atoms with Crippen molar-refractivity contribution < 1.29 is 9.53 Å². The Morgan fingerprint density at radius 1 is 1.07 bits per heavy atom. The first-order chi connectivity index (χ1) is 13.9. The fraction of sp³-hybridized carbons (Fsp3) is 0.391. The van der Waals surface area contributed by atoms with Crippen molar-refractivity contribution in [2.75, 3.05) is 27.7 Å². The van der Waals surface area contributed by atoms with Gasteiger partial charge in [-0.3, -0.25) is 4.79 Å². The number of benzene rings is 2. The van der Waals surface area contributed by atoms with Crippen LogP contribution >= 0.6 is 24.0 Å². The SMILES string of the molecule is COc1ccc(CN=C(NCC(=O)N(C)C)NC(C)C(C)c2ccccc2)cc1.I. The maximum Gasteiger partial charge on any atom is 0.241 e. The second-order valence-electron chi connectivity index (χ2n) is 7.29. The number of ether oxygens (including phenoxy) is 1. The quantitative estimate of drug-likeness (QED) is 0.315. The van der Waals surface area contributed by atoms with E-state index in [-0.39, 0.29) is 48.4 Å². The third-order valence-electron chi connectivity index (χ3n) is 4.92. The van der Waals surface area contributed by atoms with E-state index in [1.165, 1.54) is 5.56 Å². The first-order valence-electron chi connectivity index (χ1n) is 9.83. The molecule has 2 aromatic rings. The van der Waals surface area contributed by atoms with Gasteiger partial charge < -0.3 is 20.3 Å². The Hall–Kier alpha value is -2.29. The number of amides is 1. The van der Waals surface area contributed by atoms with Crippen molar-refractivity contribution in [2.45, 2.75) is 32.4 Å². The summed E-state index contributed by atoms with van der Waals surface area (Å²) in [5.74, 6) is 1.71. The second-order valence-corrected chi connectivity index (χ2v) is 7.29. The molecule has 0 bridgehead atoms. The van der Waals surface area contributed by atoms with Gasteiger partial charge in [0.1, 0.15) is 5.75 Å². The molecule has 7 heteroatoms. The lowest BCUT2D eigenvalue weighted by atomic mass is 9.94. The van der Waals surface area contributed by atoms with Gasteiger partial charge in [-0.25, -0.2) is 4.99 Å². The molecule has 0 heterocycles. The monoisotopic (exact) mass is 524 g/mol. The average molecular weight is 524 g/mol. The lowest BCUT2D eigenvalue weighted by Gasteiger charge is -2.24. The second kappa shape index (κ2) is 13.1. The topological polar surface area (TPSA) is 66.0 Å². The van der Waals surface area contributed by atoms with E-state index in [4.69, 9.17) is 4.74 Å². The molecule has 0 aliphatic carbocycles. The molecule has 2 unspecified atom stereocenters. The molecule has 6 nitrogen and oxygen atoms in total. The van der Waals surface area contributed by atoms with Crippen molar-refractivity contribution in [2.24, 2.45) is 4.99 Å². The number of carbonyl (C=O) groups excluding carboxylic acids is 1. The number of nitrogens with one attached hydrogen (secondary N) is 2. The molecule has 2 atom stereocenters. The molecular weight excluding hydrogens is 491 g/mol. The molecule has 2 aromatic carbocycles. The van der Waals surface area contributed by atoms with E-state index in [2.05, 4.69) is 41.6 Å². The number of carbonyl (C=O) groups is 1. The molecule has 0 saturated carbocycles. The highest BCUT2D eigenvalue weighted by Crippen LogP contribution is 2.18. The first kappa shape index (κ1) is 25.7. The van der Waals surface area contributed by atoms with Crippen molar-refractivity contribution in [1.29, 1.82) is 0 Å². The van der Waals surface area contributed by atoms with Crippen molar-refractivity contribution in [1.82, 2.24) is 15.5 Å². The summed E-state index contributed by atoms with van der Waals surface area (Å²) in [6.45, 7) is 4.99. The third kappa shape index (κ3) is 8.22. The summed E-state index contributed by atoms with van der Waals surface area (Å²) in [4.78, 5) is 18.2. The van der Waals surface area contributed by atoms with Crippen LogP contribution in [0.5, 0.6) is 5.75 Å². The van der Waals surface area contributed by atoms with Crippen LogP contribution in [0.4, 0.5) is 0 Å². The van der Waals surface area contributed by atoms with Gasteiger partial charge in [0.15, 0.2) is 5.96 Å². The van der Waals surface area contributed by atoms with Crippen molar-refractivity contribution in [3.8, 4) is 5.75 Å². The third-order valence-corrected chi connectivity index (χ3v) is 4.92.